The van der Waals surface area contributed by atoms with Gasteiger partial charge < -0.3 is 19.1 Å². The monoisotopic (exact) mass is 446 g/mol. The fourth-order valence-electron chi connectivity index (χ4n) is 3.43. The zero-order valence-electron chi connectivity index (χ0n) is 17.7. The molecule has 0 bridgehead atoms. The SMILES string of the molecule is COCc1cc(-c2nnc3c4ccccc4c(OC(C)c4ccc(C(=O)O)cn4)nn23)no1. The molecule has 0 aliphatic rings. The largest absolute Gasteiger partial charge is 0.478 e. The number of carboxylic acid groups (broad SMARTS) is 1. The summed E-state index contributed by atoms with van der Waals surface area (Å²) in [7, 11) is 1.57. The van der Waals surface area contributed by atoms with Crippen LogP contribution < -0.4 is 4.74 Å². The van der Waals surface area contributed by atoms with Gasteiger partial charge >= 0.3 is 5.97 Å². The molecule has 0 radical (unpaired) electrons. The molecule has 4 aromatic heterocycles. The number of pyridine rings is 1. The number of methoxy groups -OCH3 is 1. The van der Waals surface area contributed by atoms with Crippen molar-refractivity contribution in [1.82, 2.24) is 30.0 Å². The van der Waals surface area contributed by atoms with Crippen LogP contribution in [-0.2, 0) is 11.3 Å². The highest BCUT2D eigenvalue weighted by molar-refractivity contribution is 5.97. The van der Waals surface area contributed by atoms with Crippen molar-refractivity contribution in [3.8, 4) is 17.4 Å². The molecule has 11 heteroatoms. The fourth-order valence-corrected chi connectivity index (χ4v) is 3.43. The number of fused-ring (bicyclic) bond motifs is 3. The Balaban J connectivity index is 1.57. The first-order chi connectivity index (χ1) is 16.0. The van der Waals surface area contributed by atoms with Gasteiger partial charge in [0.25, 0.3) is 0 Å². The molecular weight excluding hydrogens is 428 g/mol. The second kappa shape index (κ2) is 8.28. The fraction of sp³-hybridized carbons (Fsp3) is 0.182. The van der Waals surface area contributed by atoms with E-state index < -0.39 is 12.1 Å². The third kappa shape index (κ3) is 3.74. The molecule has 33 heavy (non-hydrogen) atoms. The highest BCUT2D eigenvalue weighted by Crippen LogP contribution is 2.31. The molecule has 5 aromatic rings. The van der Waals surface area contributed by atoms with Crippen LogP contribution in [0.2, 0.25) is 0 Å². The minimum absolute atomic E-state index is 0.102. The van der Waals surface area contributed by atoms with E-state index in [-0.39, 0.29) is 12.2 Å². The summed E-state index contributed by atoms with van der Waals surface area (Å²) in [6, 6.07) is 12.4. The van der Waals surface area contributed by atoms with Gasteiger partial charge in [-0.2, -0.15) is 4.52 Å². The van der Waals surface area contributed by atoms with Gasteiger partial charge in [-0.3, -0.25) is 4.98 Å². The van der Waals surface area contributed by atoms with E-state index in [2.05, 4.69) is 25.4 Å². The first-order valence-electron chi connectivity index (χ1n) is 10.00. The first kappa shape index (κ1) is 20.5. The molecule has 0 fully saturated rings. The molecule has 0 saturated heterocycles. The number of nitrogens with zero attached hydrogens (tertiary/aromatic N) is 6. The number of carboxylic acids is 1. The number of rotatable bonds is 7. The van der Waals surface area contributed by atoms with E-state index in [0.717, 1.165) is 10.8 Å². The predicted molar refractivity (Wildman–Crippen MR) is 115 cm³/mol. The van der Waals surface area contributed by atoms with Gasteiger partial charge in [-0.15, -0.1) is 15.3 Å². The van der Waals surface area contributed by atoms with E-state index in [4.69, 9.17) is 19.1 Å². The minimum Gasteiger partial charge on any atom is -0.478 e. The molecule has 1 atom stereocenters. The number of aromatic nitrogens is 6. The Morgan fingerprint density at radius 3 is 2.73 bits per heavy atom. The molecule has 0 aliphatic heterocycles. The lowest BCUT2D eigenvalue weighted by Gasteiger charge is -2.15. The summed E-state index contributed by atoms with van der Waals surface area (Å²) < 4.78 is 18.1. The Morgan fingerprint density at radius 2 is 2.00 bits per heavy atom. The summed E-state index contributed by atoms with van der Waals surface area (Å²) in [4.78, 5) is 15.3. The lowest BCUT2D eigenvalue weighted by Crippen LogP contribution is -2.09. The summed E-state index contributed by atoms with van der Waals surface area (Å²) in [5.41, 5.74) is 1.67. The van der Waals surface area contributed by atoms with Crippen LogP contribution in [0, 0.1) is 0 Å². The molecule has 4 heterocycles. The van der Waals surface area contributed by atoms with Gasteiger partial charge in [0.15, 0.2) is 17.1 Å². The second-order valence-corrected chi connectivity index (χ2v) is 7.26. The number of benzene rings is 1. The average molecular weight is 446 g/mol. The van der Waals surface area contributed by atoms with Crippen LogP contribution in [0.3, 0.4) is 0 Å². The van der Waals surface area contributed by atoms with Crippen LogP contribution in [0.15, 0.2) is 53.2 Å². The minimum atomic E-state index is -1.04. The van der Waals surface area contributed by atoms with Crippen molar-refractivity contribution in [2.24, 2.45) is 0 Å². The van der Waals surface area contributed by atoms with E-state index in [1.807, 2.05) is 31.2 Å². The van der Waals surface area contributed by atoms with Crippen molar-refractivity contribution < 1.29 is 23.9 Å². The molecule has 11 nitrogen and oxygen atoms in total. The van der Waals surface area contributed by atoms with E-state index in [0.29, 0.717) is 34.5 Å². The Labute approximate surface area is 186 Å². The van der Waals surface area contributed by atoms with Gasteiger partial charge in [-0.05, 0) is 25.1 Å². The Morgan fingerprint density at radius 1 is 1.18 bits per heavy atom. The van der Waals surface area contributed by atoms with Gasteiger partial charge in [0.1, 0.15) is 12.7 Å². The quantitative estimate of drug-likeness (QED) is 0.396. The number of hydrogen-bond donors (Lipinski definition) is 1. The van der Waals surface area contributed by atoms with Gasteiger partial charge in [0.05, 0.1) is 11.3 Å². The molecule has 0 saturated carbocycles. The van der Waals surface area contributed by atoms with Gasteiger partial charge in [0, 0.05) is 30.1 Å². The van der Waals surface area contributed by atoms with E-state index in [1.54, 1.807) is 23.8 Å². The Hall–Kier alpha value is -4.38. The molecule has 1 unspecified atom stereocenters. The van der Waals surface area contributed by atoms with Crippen LogP contribution in [0.1, 0.15) is 34.8 Å². The molecular formula is C22H18N6O5. The number of carbonyl (C=O) groups is 1. The van der Waals surface area contributed by atoms with E-state index in [1.165, 1.54) is 12.3 Å². The molecule has 166 valence electrons. The second-order valence-electron chi connectivity index (χ2n) is 7.26. The summed E-state index contributed by atoms with van der Waals surface area (Å²) >= 11 is 0. The lowest BCUT2D eigenvalue weighted by molar-refractivity contribution is 0.0696. The summed E-state index contributed by atoms with van der Waals surface area (Å²) in [6.45, 7) is 2.09. The third-order valence-corrected chi connectivity index (χ3v) is 5.04. The highest BCUT2D eigenvalue weighted by atomic mass is 16.5. The van der Waals surface area contributed by atoms with Gasteiger partial charge in [0.2, 0.25) is 11.7 Å². The molecule has 1 N–H and O–H groups in total. The van der Waals surface area contributed by atoms with Crippen LogP contribution in [-0.4, -0.2) is 48.1 Å². The Kier molecular flexibility index (Phi) is 5.15. The number of hydrogen-bond acceptors (Lipinski definition) is 9. The van der Waals surface area contributed by atoms with Gasteiger partial charge in [-0.1, -0.05) is 23.4 Å². The zero-order chi connectivity index (χ0) is 22.9. The van der Waals surface area contributed by atoms with Crippen LogP contribution in [0.5, 0.6) is 5.88 Å². The molecule has 0 amide bonds. The van der Waals surface area contributed by atoms with Crippen molar-refractivity contribution in [2.45, 2.75) is 19.6 Å². The summed E-state index contributed by atoms with van der Waals surface area (Å²) in [5.74, 6) is 0.244. The topological polar surface area (TPSA) is 138 Å². The van der Waals surface area contributed by atoms with Crippen LogP contribution in [0.4, 0.5) is 0 Å². The van der Waals surface area contributed by atoms with Gasteiger partial charge in [-0.25, -0.2) is 4.79 Å². The molecule has 0 aliphatic carbocycles. The number of ether oxygens (including phenoxy) is 2. The van der Waals surface area contributed by atoms with E-state index in [9.17, 15) is 4.79 Å². The molecule has 1 aromatic carbocycles. The predicted octanol–water partition coefficient (Wildman–Crippen LogP) is 3.31. The normalized spacial score (nSPS) is 12.3. The molecule has 0 spiro atoms. The van der Waals surface area contributed by atoms with Crippen molar-refractivity contribution in [1.29, 1.82) is 0 Å². The zero-order valence-corrected chi connectivity index (χ0v) is 17.7. The summed E-state index contributed by atoms with van der Waals surface area (Å²) in [5, 5.41) is 27.9. The maximum atomic E-state index is 11.1. The highest BCUT2D eigenvalue weighted by Gasteiger charge is 2.20. The van der Waals surface area contributed by atoms with Crippen molar-refractivity contribution >= 4 is 22.4 Å². The summed E-state index contributed by atoms with van der Waals surface area (Å²) in [6.07, 6.45) is 0.799. The van der Waals surface area contributed by atoms with Crippen LogP contribution >= 0.6 is 0 Å². The maximum absolute atomic E-state index is 11.1. The van der Waals surface area contributed by atoms with Crippen molar-refractivity contribution in [3.05, 3.63) is 65.7 Å². The van der Waals surface area contributed by atoms with E-state index >= 15 is 0 Å². The standard InChI is InChI=1S/C22H18N6O5/c1-12(17-8-7-13(10-23-17)22(29)30)32-21-16-6-4-3-5-15(16)19-24-25-20(28(19)26-21)18-9-14(11-31-2)33-27-18/h3-10,12H,11H2,1-2H3,(H,29,30). The third-order valence-electron chi connectivity index (χ3n) is 5.04. The Bertz CT molecular complexity index is 1460. The van der Waals surface area contributed by atoms with Crippen molar-refractivity contribution in [2.75, 3.05) is 7.11 Å². The van der Waals surface area contributed by atoms with Crippen LogP contribution in [0.25, 0.3) is 27.9 Å². The number of aromatic carboxylic acids is 1. The smallest absolute Gasteiger partial charge is 0.337 e. The molecule has 5 rings (SSSR count). The lowest BCUT2D eigenvalue weighted by atomic mass is 10.2. The first-order valence-corrected chi connectivity index (χ1v) is 10.00. The maximum Gasteiger partial charge on any atom is 0.337 e. The average Bonchev–Trinajstić information content (AvgIpc) is 3.46. The van der Waals surface area contributed by atoms with Crippen molar-refractivity contribution in [3.63, 3.8) is 0 Å².